The van der Waals surface area contributed by atoms with Gasteiger partial charge in [-0.15, -0.1) is 0 Å². The second kappa shape index (κ2) is 10.7. The van der Waals surface area contributed by atoms with Crippen LogP contribution in [0.5, 0.6) is 5.75 Å². The Balaban J connectivity index is 1.55. The summed E-state index contributed by atoms with van der Waals surface area (Å²) in [7, 11) is -2.09. The first-order valence-corrected chi connectivity index (χ1v) is 13.0. The lowest BCUT2D eigenvalue weighted by Crippen LogP contribution is -2.33. The number of hydrogen-bond acceptors (Lipinski definition) is 5. The summed E-state index contributed by atoms with van der Waals surface area (Å²) in [6, 6.07) is 3.99. The molecule has 0 amide bonds. The number of benzene rings is 1. The van der Waals surface area contributed by atoms with Gasteiger partial charge in [-0.2, -0.15) is 0 Å². The number of aromatic nitrogens is 3. The summed E-state index contributed by atoms with van der Waals surface area (Å²) >= 11 is 0. The van der Waals surface area contributed by atoms with E-state index in [4.69, 9.17) is 4.74 Å². The molecule has 0 radical (unpaired) electrons. The molecular formula is C22H33FN4O5S. The Morgan fingerprint density at radius 1 is 1.18 bits per heavy atom. The van der Waals surface area contributed by atoms with Crippen molar-refractivity contribution in [3.8, 4) is 5.75 Å². The molecule has 1 aromatic heterocycles. The molecular weight excluding hydrogens is 451 g/mol. The maximum Gasteiger partial charge on any atom is 0.344 e. The first-order chi connectivity index (χ1) is 15.6. The van der Waals surface area contributed by atoms with E-state index in [1.807, 2.05) is 13.8 Å². The van der Waals surface area contributed by atoms with E-state index in [0.29, 0.717) is 43.9 Å². The van der Waals surface area contributed by atoms with E-state index in [1.54, 1.807) is 12.1 Å². The Kier molecular flexibility index (Phi) is 8.17. The van der Waals surface area contributed by atoms with Crippen LogP contribution in [0.1, 0.15) is 57.6 Å². The average molecular weight is 485 g/mol. The lowest BCUT2D eigenvalue weighted by molar-refractivity contribution is 0.284. The van der Waals surface area contributed by atoms with Crippen LogP contribution in [0.15, 0.2) is 27.8 Å². The second-order valence-corrected chi connectivity index (χ2v) is 10.9. The lowest BCUT2D eigenvalue weighted by atomic mass is 9.97. The molecule has 1 aliphatic carbocycles. The van der Waals surface area contributed by atoms with Crippen LogP contribution >= 0.6 is 0 Å². The van der Waals surface area contributed by atoms with Crippen molar-refractivity contribution in [3.63, 3.8) is 0 Å². The molecule has 184 valence electrons. The largest absolute Gasteiger partial charge is 0.490 e. The number of hydrogen-bond donors (Lipinski definition) is 2. The molecule has 1 saturated carbocycles. The molecule has 1 unspecified atom stereocenters. The van der Waals surface area contributed by atoms with Crippen molar-refractivity contribution >= 4 is 10.0 Å². The Morgan fingerprint density at radius 3 is 2.52 bits per heavy atom. The average Bonchev–Trinajstić information content (AvgIpc) is 3.54. The highest BCUT2D eigenvalue weighted by molar-refractivity contribution is 7.89. The topological polar surface area (TPSA) is 115 Å². The van der Waals surface area contributed by atoms with E-state index in [9.17, 15) is 22.4 Å². The summed E-state index contributed by atoms with van der Waals surface area (Å²) in [5.74, 6) is 0.0579. The number of nitrogens with one attached hydrogen (secondary N) is 2. The van der Waals surface area contributed by atoms with Crippen molar-refractivity contribution in [2.45, 2.75) is 58.5 Å². The molecule has 1 aliphatic rings. The maximum atomic E-state index is 14.2. The van der Waals surface area contributed by atoms with Gasteiger partial charge in [0.25, 0.3) is 0 Å². The quantitative estimate of drug-likeness (QED) is 0.423. The lowest BCUT2D eigenvalue weighted by Gasteiger charge is -2.23. The third-order valence-corrected chi connectivity index (χ3v) is 7.29. The van der Waals surface area contributed by atoms with Gasteiger partial charge in [-0.25, -0.2) is 36.5 Å². The van der Waals surface area contributed by atoms with Gasteiger partial charge in [0, 0.05) is 19.6 Å². The van der Waals surface area contributed by atoms with Crippen LogP contribution in [0.25, 0.3) is 0 Å². The fourth-order valence-electron chi connectivity index (χ4n) is 3.62. The Labute approximate surface area is 193 Å². The molecule has 1 fully saturated rings. The molecule has 3 rings (SSSR count). The third-order valence-electron chi connectivity index (χ3n) is 5.85. The summed E-state index contributed by atoms with van der Waals surface area (Å²) in [6.07, 6.45) is 3.74. The van der Waals surface area contributed by atoms with Gasteiger partial charge in [0.2, 0.25) is 10.0 Å². The van der Waals surface area contributed by atoms with Gasteiger partial charge >= 0.3 is 11.4 Å². The number of H-pyrrole nitrogens is 1. The summed E-state index contributed by atoms with van der Waals surface area (Å²) in [6.45, 7) is 4.61. The smallest absolute Gasteiger partial charge is 0.344 e. The summed E-state index contributed by atoms with van der Waals surface area (Å²) in [5.41, 5.74) is -0.293. The van der Waals surface area contributed by atoms with E-state index in [1.165, 1.54) is 22.5 Å². The zero-order valence-electron chi connectivity index (χ0n) is 19.3. The zero-order chi connectivity index (χ0) is 24.2. The van der Waals surface area contributed by atoms with Crippen molar-refractivity contribution in [2.24, 2.45) is 18.9 Å². The number of aromatic amines is 1. The third kappa shape index (κ3) is 7.04. The van der Waals surface area contributed by atoms with Gasteiger partial charge in [0.1, 0.15) is 0 Å². The molecule has 1 atom stereocenters. The predicted molar refractivity (Wildman–Crippen MR) is 123 cm³/mol. The molecule has 11 heteroatoms. The highest BCUT2D eigenvalue weighted by Gasteiger charge is 2.25. The fourth-order valence-corrected chi connectivity index (χ4v) is 5.12. The van der Waals surface area contributed by atoms with Crippen molar-refractivity contribution in [1.82, 2.24) is 19.1 Å². The number of sulfonamides is 1. The Bertz CT molecular complexity index is 1160. The first-order valence-electron chi connectivity index (χ1n) is 11.4. The van der Waals surface area contributed by atoms with E-state index in [2.05, 4.69) is 9.71 Å². The highest BCUT2D eigenvalue weighted by atomic mass is 32.2. The van der Waals surface area contributed by atoms with Gasteiger partial charge in [-0.3, -0.25) is 4.98 Å². The SMILES string of the molecule is CC(C)C(NS(=O)(=O)CCCCCn1c(=O)[nH]c(=O)n1C)c1ccc(F)c(OCC2CC2)c1. The molecule has 2 N–H and O–H groups in total. The standard InChI is InChI=1S/C22H33FN4O5S/c1-15(2)20(17-9-10-18(23)19(13-17)32-14-16-7-8-16)25-33(30,31)12-6-4-5-11-27-22(29)24-21(28)26(27)3/h9-10,13,15-16,20,25H,4-8,11-12,14H2,1-3H3,(H,24,28,29). The van der Waals surface area contributed by atoms with Crippen LogP contribution in [0, 0.1) is 17.7 Å². The van der Waals surface area contributed by atoms with E-state index in [-0.39, 0.29) is 17.4 Å². The van der Waals surface area contributed by atoms with E-state index < -0.39 is 33.3 Å². The monoisotopic (exact) mass is 484 g/mol. The van der Waals surface area contributed by atoms with E-state index in [0.717, 1.165) is 12.8 Å². The predicted octanol–water partition coefficient (Wildman–Crippen LogP) is 2.29. The fraction of sp³-hybridized carbons (Fsp3) is 0.636. The molecule has 0 spiro atoms. The first kappa shape index (κ1) is 25.2. The molecule has 0 bridgehead atoms. The number of unbranched alkanes of at least 4 members (excludes halogenated alkanes) is 2. The number of ether oxygens (including phenoxy) is 1. The summed E-state index contributed by atoms with van der Waals surface area (Å²) in [5, 5.41) is 0. The molecule has 0 saturated heterocycles. The van der Waals surface area contributed by atoms with Gasteiger partial charge in [-0.05, 0) is 55.2 Å². The number of rotatable bonds is 13. The van der Waals surface area contributed by atoms with Crippen LogP contribution in [-0.4, -0.2) is 35.1 Å². The van der Waals surface area contributed by atoms with Crippen LogP contribution in [0.3, 0.4) is 0 Å². The number of halogens is 1. The van der Waals surface area contributed by atoms with Crippen LogP contribution in [0.4, 0.5) is 4.39 Å². The normalized spacial score (nSPS) is 15.2. The van der Waals surface area contributed by atoms with E-state index >= 15 is 0 Å². The molecule has 0 aliphatic heterocycles. The molecule has 9 nitrogen and oxygen atoms in total. The van der Waals surface area contributed by atoms with Gasteiger partial charge in [0.05, 0.1) is 12.4 Å². The zero-order valence-corrected chi connectivity index (χ0v) is 20.2. The summed E-state index contributed by atoms with van der Waals surface area (Å²) < 4.78 is 50.4. The van der Waals surface area contributed by atoms with Crippen molar-refractivity contribution in [2.75, 3.05) is 12.4 Å². The molecule has 1 heterocycles. The van der Waals surface area contributed by atoms with Crippen LogP contribution in [-0.2, 0) is 23.6 Å². The minimum Gasteiger partial charge on any atom is -0.490 e. The van der Waals surface area contributed by atoms with Crippen molar-refractivity contribution in [1.29, 1.82) is 0 Å². The highest BCUT2D eigenvalue weighted by Crippen LogP contribution is 2.32. The van der Waals surface area contributed by atoms with Gasteiger partial charge in [-0.1, -0.05) is 26.3 Å². The van der Waals surface area contributed by atoms with Gasteiger partial charge < -0.3 is 4.74 Å². The molecule has 2 aromatic rings. The Hall–Kier alpha value is -2.40. The second-order valence-electron chi connectivity index (χ2n) is 9.05. The maximum absolute atomic E-state index is 14.2. The van der Waals surface area contributed by atoms with Crippen LogP contribution in [0.2, 0.25) is 0 Å². The Morgan fingerprint density at radius 2 is 1.91 bits per heavy atom. The number of nitrogens with zero attached hydrogens (tertiary/aromatic N) is 2. The molecule has 33 heavy (non-hydrogen) atoms. The molecule has 1 aromatic carbocycles. The van der Waals surface area contributed by atoms with Crippen molar-refractivity contribution < 1.29 is 17.5 Å². The minimum absolute atomic E-state index is 0.0525. The van der Waals surface area contributed by atoms with Crippen LogP contribution < -0.4 is 20.8 Å². The summed E-state index contributed by atoms with van der Waals surface area (Å²) in [4.78, 5) is 25.3. The van der Waals surface area contributed by atoms with Gasteiger partial charge in [0.15, 0.2) is 11.6 Å². The van der Waals surface area contributed by atoms with Crippen molar-refractivity contribution in [3.05, 3.63) is 50.5 Å². The minimum atomic E-state index is -3.58.